The second-order valence-electron chi connectivity index (χ2n) is 4.06. The average molecular weight is 230 g/mol. The minimum Gasteiger partial charge on any atom is -0.316 e. The van der Waals surface area contributed by atoms with E-state index in [0.29, 0.717) is 0 Å². The molecule has 0 saturated heterocycles. The predicted octanol–water partition coefficient (Wildman–Crippen LogP) is 1.94. The molecule has 0 amide bonds. The molecule has 4 nitrogen and oxygen atoms in total. The summed E-state index contributed by atoms with van der Waals surface area (Å²) in [5.74, 6) is 0.895. The van der Waals surface area contributed by atoms with Crippen LogP contribution in [-0.2, 0) is 13.0 Å². The number of hydrogen-bond acceptors (Lipinski definition) is 3. The third-order valence-corrected chi connectivity index (χ3v) is 2.55. The van der Waals surface area contributed by atoms with Gasteiger partial charge in [0.25, 0.3) is 0 Å². The van der Waals surface area contributed by atoms with E-state index in [-0.39, 0.29) is 0 Å². The Balaban J connectivity index is 2.37. The van der Waals surface area contributed by atoms with Crippen LogP contribution in [0.3, 0.4) is 0 Å². The molecule has 2 aromatic rings. The van der Waals surface area contributed by atoms with Crippen LogP contribution in [-0.4, -0.2) is 21.8 Å². The number of nitrogens with zero attached hydrogens (tertiary/aromatic N) is 3. The van der Waals surface area contributed by atoms with Gasteiger partial charge in [-0.3, -0.25) is 0 Å². The third kappa shape index (κ3) is 2.91. The molecule has 2 aromatic heterocycles. The molecule has 0 saturated carbocycles. The maximum atomic E-state index is 4.62. The lowest BCUT2D eigenvalue weighted by Crippen LogP contribution is -2.09. The van der Waals surface area contributed by atoms with Crippen molar-refractivity contribution in [2.24, 2.45) is 0 Å². The van der Waals surface area contributed by atoms with Crippen LogP contribution in [0.25, 0.3) is 5.82 Å². The Morgan fingerprint density at radius 2 is 2.24 bits per heavy atom. The summed E-state index contributed by atoms with van der Waals surface area (Å²) in [6.07, 6.45) is 5.80. The molecule has 0 aliphatic carbocycles. The van der Waals surface area contributed by atoms with Crippen LogP contribution < -0.4 is 5.32 Å². The number of nitrogens with one attached hydrogen (secondary N) is 1. The topological polar surface area (TPSA) is 42.7 Å². The molecule has 17 heavy (non-hydrogen) atoms. The van der Waals surface area contributed by atoms with Crippen LogP contribution in [0.2, 0.25) is 0 Å². The van der Waals surface area contributed by atoms with Crippen molar-refractivity contribution in [2.75, 3.05) is 7.05 Å². The summed E-state index contributed by atoms with van der Waals surface area (Å²) in [7, 11) is 1.95. The molecule has 90 valence electrons. The third-order valence-electron chi connectivity index (χ3n) is 2.55. The maximum absolute atomic E-state index is 4.62. The van der Waals surface area contributed by atoms with Gasteiger partial charge in [-0.2, -0.15) is 5.10 Å². The highest BCUT2D eigenvalue weighted by molar-refractivity contribution is 5.30. The standard InChI is InChI=1S/C13H18N4/c1-3-5-12-8-11(10-14-2)9-13(16-12)17-7-4-6-15-17/h4,6-9,14H,3,5,10H2,1-2H3. The summed E-state index contributed by atoms with van der Waals surface area (Å²) < 4.78 is 1.80. The van der Waals surface area contributed by atoms with Gasteiger partial charge in [0.15, 0.2) is 5.82 Å². The first-order valence-electron chi connectivity index (χ1n) is 5.98. The lowest BCUT2D eigenvalue weighted by Gasteiger charge is -2.08. The summed E-state index contributed by atoms with van der Waals surface area (Å²) in [5.41, 5.74) is 2.38. The summed E-state index contributed by atoms with van der Waals surface area (Å²) in [6.45, 7) is 3.02. The molecule has 0 spiro atoms. The van der Waals surface area contributed by atoms with E-state index in [4.69, 9.17) is 0 Å². The van der Waals surface area contributed by atoms with Crippen molar-refractivity contribution in [2.45, 2.75) is 26.3 Å². The van der Waals surface area contributed by atoms with Crippen molar-refractivity contribution in [3.05, 3.63) is 41.9 Å². The first kappa shape index (κ1) is 11.8. The Labute approximate surface area is 102 Å². The monoisotopic (exact) mass is 230 g/mol. The smallest absolute Gasteiger partial charge is 0.153 e. The second kappa shape index (κ2) is 5.59. The Morgan fingerprint density at radius 3 is 2.88 bits per heavy atom. The van der Waals surface area contributed by atoms with E-state index < -0.39 is 0 Å². The number of aromatic nitrogens is 3. The number of pyridine rings is 1. The Kier molecular flexibility index (Phi) is 3.88. The second-order valence-corrected chi connectivity index (χ2v) is 4.06. The average Bonchev–Trinajstić information content (AvgIpc) is 2.83. The van der Waals surface area contributed by atoms with E-state index in [1.165, 1.54) is 5.56 Å². The first-order chi connectivity index (χ1) is 8.33. The highest BCUT2D eigenvalue weighted by Crippen LogP contribution is 2.11. The minimum atomic E-state index is 0.855. The highest BCUT2D eigenvalue weighted by Gasteiger charge is 2.04. The molecule has 0 radical (unpaired) electrons. The van der Waals surface area contributed by atoms with Crippen LogP contribution in [0.4, 0.5) is 0 Å². The van der Waals surface area contributed by atoms with Gasteiger partial charge in [0, 0.05) is 24.6 Å². The molecule has 4 heteroatoms. The molecule has 0 aromatic carbocycles. The quantitative estimate of drug-likeness (QED) is 0.853. The summed E-state index contributed by atoms with van der Waals surface area (Å²) in [5, 5.41) is 7.39. The van der Waals surface area contributed by atoms with Gasteiger partial charge in [0.1, 0.15) is 0 Å². The van der Waals surface area contributed by atoms with E-state index in [2.05, 4.69) is 34.5 Å². The van der Waals surface area contributed by atoms with Crippen LogP contribution in [0.15, 0.2) is 30.6 Å². The normalized spacial score (nSPS) is 10.7. The van der Waals surface area contributed by atoms with Crippen LogP contribution in [0, 0.1) is 0 Å². The minimum absolute atomic E-state index is 0.855. The SMILES string of the molecule is CCCc1cc(CNC)cc(-n2cccn2)n1. The van der Waals surface area contributed by atoms with Gasteiger partial charge < -0.3 is 5.32 Å². The first-order valence-corrected chi connectivity index (χ1v) is 5.98. The van der Waals surface area contributed by atoms with E-state index in [1.807, 2.05) is 19.3 Å². The lowest BCUT2D eigenvalue weighted by molar-refractivity contribution is 0.781. The van der Waals surface area contributed by atoms with Gasteiger partial charge in [0.05, 0.1) is 0 Å². The Bertz CT molecular complexity index is 438. The van der Waals surface area contributed by atoms with Crippen molar-refractivity contribution in [1.82, 2.24) is 20.1 Å². The zero-order valence-corrected chi connectivity index (χ0v) is 10.3. The maximum Gasteiger partial charge on any atom is 0.153 e. The van der Waals surface area contributed by atoms with Gasteiger partial charge in [-0.05, 0) is 37.2 Å². The van der Waals surface area contributed by atoms with E-state index in [9.17, 15) is 0 Å². The number of rotatable bonds is 5. The molecule has 0 aliphatic heterocycles. The fraction of sp³-hybridized carbons (Fsp3) is 0.385. The largest absolute Gasteiger partial charge is 0.316 e. The lowest BCUT2D eigenvalue weighted by atomic mass is 10.1. The van der Waals surface area contributed by atoms with Crippen molar-refractivity contribution < 1.29 is 0 Å². The molecule has 2 rings (SSSR count). The zero-order chi connectivity index (χ0) is 12.1. The van der Waals surface area contributed by atoms with Crippen LogP contribution >= 0.6 is 0 Å². The van der Waals surface area contributed by atoms with E-state index in [1.54, 1.807) is 10.9 Å². The van der Waals surface area contributed by atoms with Crippen molar-refractivity contribution >= 4 is 0 Å². The molecular weight excluding hydrogens is 212 g/mol. The van der Waals surface area contributed by atoms with Gasteiger partial charge >= 0.3 is 0 Å². The molecule has 0 aliphatic rings. The molecule has 0 fully saturated rings. The molecule has 0 atom stereocenters. The van der Waals surface area contributed by atoms with E-state index >= 15 is 0 Å². The fourth-order valence-corrected chi connectivity index (χ4v) is 1.85. The molecule has 2 heterocycles. The van der Waals surface area contributed by atoms with Gasteiger partial charge in [-0.25, -0.2) is 9.67 Å². The zero-order valence-electron chi connectivity index (χ0n) is 10.3. The van der Waals surface area contributed by atoms with Gasteiger partial charge in [-0.1, -0.05) is 13.3 Å². The van der Waals surface area contributed by atoms with E-state index in [0.717, 1.165) is 30.9 Å². The molecule has 0 unspecified atom stereocenters. The summed E-state index contributed by atoms with van der Waals surface area (Å²) >= 11 is 0. The Morgan fingerprint density at radius 1 is 1.35 bits per heavy atom. The molecule has 0 bridgehead atoms. The van der Waals surface area contributed by atoms with Gasteiger partial charge in [-0.15, -0.1) is 0 Å². The molecular formula is C13H18N4. The van der Waals surface area contributed by atoms with Crippen molar-refractivity contribution in [1.29, 1.82) is 0 Å². The summed E-state index contributed by atoms with van der Waals surface area (Å²) in [4.78, 5) is 4.62. The highest BCUT2D eigenvalue weighted by atomic mass is 15.3. The summed E-state index contributed by atoms with van der Waals surface area (Å²) in [6, 6.07) is 6.14. The molecule has 1 N–H and O–H groups in total. The van der Waals surface area contributed by atoms with Crippen LogP contribution in [0.1, 0.15) is 24.6 Å². The Hall–Kier alpha value is -1.68. The van der Waals surface area contributed by atoms with Crippen LogP contribution in [0.5, 0.6) is 0 Å². The van der Waals surface area contributed by atoms with Crippen molar-refractivity contribution in [3.8, 4) is 5.82 Å². The number of hydrogen-bond donors (Lipinski definition) is 1. The fourth-order valence-electron chi connectivity index (χ4n) is 1.85. The van der Waals surface area contributed by atoms with Crippen molar-refractivity contribution in [3.63, 3.8) is 0 Å². The number of aryl methyl sites for hydroxylation is 1. The van der Waals surface area contributed by atoms with Gasteiger partial charge in [0.2, 0.25) is 0 Å². The predicted molar refractivity (Wildman–Crippen MR) is 68.1 cm³/mol.